The zero-order valence-corrected chi connectivity index (χ0v) is 20.5. The number of carbonyl (C=O) groups excluding carboxylic acids is 2. The van der Waals surface area contributed by atoms with Crippen LogP contribution in [-0.2, 0) is 11.3 Å². The first-order valence-corrected chi connectivity index (χ1v) is 11.6. The molecule has 0 saturated carbocycles. The van der Waals surface area contributed by atoms with E-state index in [-0.39, 0.29) is 34.5 Å². The second-order valence-corrected chi connectivity index (χ2v) is 8.93. The van der Waals surface area contributed by atoms with Crippen molar-refractivity contribution in [3.8, 4) is 0 Å². The average Bonchev–Trinajstić information content (AvgIpc) is 2.81. The van der Waals surface area contributed by atoms with E-state index in [4.69, 9.17) is 9.72 Å². The fourth-order valence-electron chi connectivity index (χ4n) is 4.04. The van der Waals surface area contributed by atoms with Crippen LogP contribution in [0.5, 0.6) is 0 Å². The Bertz CT molecular complexity index is 1600. The minimum absolute atomic E-state index is 0.0486. The number of esters is 1. The number of amides is 1. The first kappa shape index (κ1) is 24.1. The Morgan fingerprint density at radius 1 is 1.09 bits per heavy atom. The van der Waals surface area contributed by atoms with Gasteiger partial charge in [-0.1, -0.05) is 37.6 Å². The van der Waals surface area contributed by atoms with Crippen LogP contribution in [0.4, 0.5) is 0 Å². The highest BCUT2D eigenvalue weighted by Gasteiger charge is 2.21. The molecule has 3 aromatic heterocycles. The summed E-state index contributed by atoms with van der Waals surface area (Å²) in [6, 6.07) is 12.2. The number of hydrogen-bond donors (Lipinski definition) is 0. The van der Waals surface area contributed by atoms with Gasteiger partial charge in [0.05, 0.1) is 12.0 Å². The van der Waals surface area contributed by atoms with Crippen LogP contribution in [0.1, 0.15) is 52.6 Å². The second-order valence-electron chi connectivity index (χ2n) is 8.93. The number of hydrogen-bond acceptors (Lipinski definition) is 5. The van der Waals surface area contributed by atoms with Crippen molar-refractivity contribution in [2.45, 2.75) is 41.2 Å². The van der Waals surface area contributed by atoms with Crippen LogP contribution < -0.4 is 11.0 Å². The molecule has 0 aliphatic carbocycles. The number of aryl methyl sites for hydroxylation is 2. The summed E-state index contributed by atoms with van der Waals surface area (Å²) in [5, 5.41) is 0.249. The summed E-state index contributed by atoms with van der Waals surface area (Å²) in [5.74, 6) is -1.04. The maximum absolute atomic E-state index is 13.5. The molecule has 0 atom stereocenters. The number of carbonyl (C=O) groups is 2. The number of ether oxygens (including phenoxy) is 1. The summed E-state index contributed by atoms with van der Waals surface area (Å²) >= 11 is 0. The Hall–Kier alpha value is -4.07. The van der Waals surface area contributed by atoms with Gasteiger partial charge in [0.25, 0.3) is 11.5 Å². The fourth-order valence-corrected chi connectivity index (χ4v) is 4.04. The van der Waals surface area contributed by atoms with E-state index >= 15 is 0 Å². The van der Waals surface area contributed by atoms with Gasteiger partial charge in [-0.3, -0.25) is 14.0 Å². The monoisotopic (exact) mass is 472 g/mol. The van der Waals surface area contributed by atoms with Crippen LogP contribution >= 0.6 is 0 Å². The number of nitrogens with zero attached hydrogens (tertiary/aromatic N) is 4. The molecule has 0 saturated heterocycles. The van der Waals surface area contributed by atoms with Gasteiger partial charge in [0.15, 0.2) is 5.49 Å². The van der Waals surface area contributed by atoms with Gasteiger partial charge < -0.3 is 9.30 Å². The van der Waals surface area contributed by atoms with Crippen molar-refractivity contribution in [3.63, 3.8) is 0 Å². The van der Waals surface area contributed by atoms with Gasteiger partial charge in [0, 0.05) is 18.3 Å². The summed E-state index contributed by atoms with van der Waals surface area (Å²) in [4.78, 5) is 48.8. The van der Waals surface area contributed by atoms with Gasteiger partial charge in [0.1, 0.15) is 16.9 Å². The van der Waals surface area contributed by atoms with Gasteiger partial charge in [-0.05, 0) is 56.5 Å². The molecule has 1 amide bonds. The minimum atomic E-state index is -0.656. The standard InChI is InChI=1S/C27H28N4O4/c1-6-35-27(34)21-14-20-23(28-22-18(5)10-8-12-30(22)26(20)33)31(15-16(2)3)24(21)29-25(32)19-11-7-9-17(4)13-19/h7-14,16H,6,15H2,1-5H3. The Morgan fingerprint density at radius 3 is 2.54 bits per heavy atom. The zero-order chi connectivity index (χ0) is 25.3. The van der Waals surface area contributed by atoms with Crippen molar-refractivity contribution in [2.24, 2.45) is 10.9 Å². The molecular weight excluding hydrogens is 444 g/mol. The van der Waals surface area contributed by atoms with Gasteiger partial charge in [-0.2, -0.15) is 4.99 Å². The van der Waals surface area contributed by atoms with E-state index < -0.39 is 11.9 Å². The quantitative estimate of drug-likeness (QED) is 0.325. The summed E-state index contributed by atoms with van der Waals surface area (Å²) in [7, 11) is 0. The SMILES string of the molecule is CCOC(=O)c1cc2c(=O)n3cccc(C)c3nc2n(CC(C)C)c1=NC(=O)c1cccc(C)c1. The first-order chi connectivity index (χ1) is 16.7. The molecule has 3 heterocycles. The van der Waals surface area contributed by atoms with Gasteiger partial charge in [-0.15, -0.1) is 0 Å². The maximum Gasteiger partial charge on any atom is 0.341 e. The topological polar surface area (TPSA) is 95.0 Å². The molecule has 0 radical (unpaired) electrons. The fraction of sp³-hybridized carbons (Fsp3) is 0.296. The van der Waals surface area contributed by atoms with Crippen LogP contribution in [0.25, 0.3) is 16.7 Å². The Kier molecular flexibility index (Phi) is 6.64. The van der Waals surface area contributed by atoms with E-state index in [2.05, 4.69) is 4.99 Å². The number of pyridine rings is 2. The molecule has 0 spiro atoms. The molecule has 0 N–H and O–H groups in total. The molecule has 0 unspecified atom stereocenters. The molecular formula is C27H28N4O4. The molecule has 8 nitrogen and oxygen atoms in total. The second kappa shape index (κ2) is 9.66. The summed E-state index contributed by atoms with van der Waals surface area (Å²) in [6.07, 6.45) is 1.65. The van der Waals surface area contributed by atoms with Crippen molar-refractivity contribution in [2.75, 3.05) is 6.61 Å². The molecule has 0 bridgehead atoms. The summed E-state index contributed by atoms with van der Waals surface area (Å²) in [6.45, 7) is 9.99. The van der Waals surface area contributed by atoms with Gasteiger partial charge in [-0.25, -0.2) is 9.78 Å². The molecule has 0 aliphatic rings. The Balaban J connectivity index is 2.16. The van der Waals surface area contributed by atoms with Crippen molar-refractivity contribution in [1.82, 2.24) is 14.0 Å². The summed E-state index contributed by atoms with van der Waals surface area (Å²) < 4.78 is 8.43. The van der Waals surface area contributed by atoms with Crippen LogP contribution in [0.15, 0.2) is 58.4 Å². The Labute approximate surface area is 202 Å². The van der Waals surface area contributed by atoms with E-state index in [1.54, 1.807) is 42.0 Å². The summed E-state index contributed by atoms with van der Waals surface area (Å²) in [5.41, 5.74) is 2.87. The molecule has 0 aliphatic heterocycles. The lowest BCUT2D eigenvalue weighted by Crippen LogP contribution is -2.34. The third kappa shape index (κ3) is 4.64. The Morgan fingerprint density at radius 2 is 1.86 bits per heavy atom. The lowest BCUT2D eigenvalue weighted by molar-refractivity contribution is 0.0523. The van der Waals surface area contributed by atoms with Gasteiger partial charge >= 0.3 is 5.97 Å². The smallest absolute Gasteiger partial charge is 0.341 e. The van der Waals surface area contributed by atoms with E-state index in [0.29, 0.717) is 23.4 Å². The van der Waals surface area contributed by atoms with E-state index in [0.717, 1.165) is 11.1 Å². The van der Waals surface area contributed by atoms with Crippen molar-refractivity contribution < 1.29 is 14.3 Å². The highest BCUT2D eigenvalue weighted by molar-refractivity contribution is 5.97. The van der Waals surface area contributed by atoms with E-state index in [1.165, 1.54) is 10.5 Å². The molecule has 4 rings (SSSR count). The molecule has 180 valence electrons. The highest BCUT2D eigenvalue weighted by Crippen LogP contribution is 2.15. The minimum Gasteiger partial charge on any atom is -0.462 e. The van der Waals surface area contributed by atoms with E-state index in [9.17, 15) is 14.4 Å². The van der Waals surface area contributed by atoms with Crippen LogP contribution in [-0.4, -0.2) is 32.4 Å². The van der Waals surface area contributed by atoms with Crippen molar-refractivity contribution >= 4 is 28.6 Å². The molecule has 0 fully saturated rings. The van der Waals surface area contributed by atoms with Crippen molar-refractivity contribution in [3.05, 3.63) is 86.8 Å². The lowest BCUT2D eigenvalue weighted by atomic mass is 10.1. The molecule has 4 aromatic rings. The van der Waals surface area contributed by atoms with Gasteiger partial charge in [0.2, 0.25) is 0 Å². The lowest BCUT2D eigenvalue weighted by Gasteiger charge is -2.17. The van der Waals surface area contributed by atoms with Crippen molar-refractivity contribution in [1.29, 1.82) is 0 Å². The van der Waals surface area contributed by atoms with Crippen LogP contribution in [0.3, 0.4) is 0 Å². The maximum atomic E-state index is 13.5. The third-order valence-corrected chi connectivity index (χ3v) is 5.62. The number of aromatic nitrogens is 3. The van der Waals surface area contributed by atoms with E-state index in [1.807, 2.05) is 39.8 Å². The number of rotatable bonds is 5. The largest absolute Gasteiger partial charge is 0.462 e. The normalized spacial score (nSPS) is 12.0. The van der Waals surface area contributed by atoms with Crippen LogP contribution in [0.2, 0.25) is 0 Å². The molecule has 35 heavy (non-hydrogen) atoms. The number of benzene rings is 1. The molecule has 1 aromatic carbocycles. The average molecular weight is 473 g/mol. The molecule has 8 heteroatoms. The number of fused-ring (bicyclic) bond motifs is 2. The predicted octanol–water partition coefficient (Wildman–Crippen LogP) is 3.84. The van der Waals surface area contributed by atoms with Crippen LogP contribution in [0, 0.1) is 19.8 Å². The zero-order valence-electron chi connectivity index (χ0n) is 20.5. The predicted molar refractivity (Wildman–Crippen MR) is 134 cm³/mol. The highest BCUT2D eigenvalue weighted by atomic mass is 16.5. The third-order valence-electron chi connectivity index (χ3n) is 5.62. The first-order valence-electron chi connectivity index (χ1n) is 11.6.